The summed E-state index contributed by atoms with van der Waals surface area (Å²) in [5, 5.41) is 3.96. The van der Waals surface area contributed by atoms with Gasteiger partial charge in [-0.3, -0.25) is 0 Å². The Morgan fingerprint density at radius 2 is 2.16 bits per heavy atom. The monoisotopic (exact) mass is 275 g/mol. The predicted octanol–water partition coefficient (Wildman–Crippen LogP) is 2.46. The number of hydrogen-bond donors (Lipinski definition) is 1. The predicted molar refractivity (Wildman–Crippen MR) is 74.0 cm³/mol. The molecule has 3 rings (SSSR count). The number of morpholine rings is 1. The molecule has 19 heavy (non-hydrogen) atoms. The van der Waals surface area contributed by atoms with Gasteiger partial charge >= 0.3 is 0 Å². The molecule has 0 spiro atoms. The number of nitrogens with zero attached hydrogens (tertiary/aromatic N) is 2. The van der Waals surface area contributed by atoms with Crippen molar-refractivity contribution >= 4 is 11.6 Å². The van der Waals surface area contributed by atoms with Crippen molar-refractivity contribution in [2.45, 2.75) is 6.10 Å². The number of halogens is 1. The number of aromatic nitrogens is 2. The van der Waals surface area contributed by atoms with Gasteiger partial charge in [0.2, 0.25) is 0 Å². The van der Waals surface area contributed by atoms with Gasteiger partial charge in [-0.15, -0.1) is 0 Å². The van der Waals surface area contributed by atoms with Crippen molar-refractivity contribution in [2.75, 3.05) is 19.7 Å². The first kappa shape index (κ1) is 12.5. The Bertz CT molecular complexity index is 570. The maximum atomic E-state index is 6.19. The maximum absolute atomic E-state index is 6.19. The van der Waals surface area contributed by atoms with Gasteiger partial charge in [0.25, 0.3) is 0 Å². The molecule has 4 nitrogen and oxygen atoms in total. The van der Waals surface area contributed by atoms with E-state index in [-0.39, 0.29) is 6.10 Å². The van der Waals surface area contributed by atoms with Crippen LogP contribution in [-0.2, 0) is 4.74 Å². The summed E-state index contributed by atoms with van der Waals surface area (Å²) in [5.74, 6) is 0.699. The number of benzene rings is 1. The molecule has 0 aliphatic carbocycles. The fourth-order valence-electron chi connectivity index (χ4n) is 2.08. The molecule has 1 aromatic heterocycles. The fraction of sp³-hybridized carbons (Fsp3) is 0.286. The molecule has 98 valence electrons. The van der Waals surface area contributed by atoms with Gasteiger partial charge < -0.3 is 10.1 Å². The molecule has 2 heterocycles. The summed E-state index contributed by atoms with van der Waals surface area (Å²) < 4.78 is 5.66. The van der Waals surface area contributed by atoms with Crippen molar-refractivity contribution in [3.05, 3.63) is 47.4 Å². The molecule has 0 bridgehead atoms. The SMILES string of the molecule is Clc1ccccc1-c1ccnc(C2CNCCO2)n1. The summed E-state index contributed by atoms with van der Waals surface area (Å²) in [7, 11) is 0. The Morgan fingerprint density at radius 1 is 1.26 bits per heavy atom. The summed E-state index contributed by atoms with van der Waals surface area (Å²) in [5.41, 5.74) is 1.74. The Morgan fingerprint density at radius 3 is 2.95 bits per heavy atom. The van der Waals surface area contributed by atoms with E-state index in [9.17, 15) is 0 Å². The lowest BCUT2D eigenvalue weighted by Crippen LogP contribution is -2.34. The minimum Gasteiger partial charge on any atom is -0.368 e. The van der Waals surface area contributed by atoms with Crippen LogP contribution in [0.2, 0.25) is 5.02 Å². The summed E-state index contributed by atoms with van der Waals surface area (Å²) in [6, 6.07) is 9.52. The third-order valence-electron chi connectivity index (χ3n) is 3.04. The second-order valence-corrected chi connectivity index (χ2v) is 4.75. The second kappa shape index (κ2) is 5.65. The van der Waals surface area contributed by atoms with Crippen molar-refractivity contribution in [3.63, 3.8) is 0 Å². The van der Waals surface area contributed by atoms with Gasteiger partial charge in [0.05, 0.1) is 12.3 Å². The molecule has 0 radical (unpaired) electrons. The molecule has 1 fully saturated rings. The number of hydrogen-bond acceptors (Lipinski definition) is 4. The highest BCUT2D eigenvalue weighted by molar-refractivity contribution is 6.33. The largest absolute Gasteiger partial charge is 0.368 e. The van der Waals surface area contributed by atoms with Gasteiger partial charge in [-0.25, -0.2) is 9.97 Å². The van der Waals surface area contributed by atoms with Gasteiger partial charge in [0, 0.05) is 29.9 Å². The number of nitrogens with one attached hydrogen (secondary N) is 1. The molecular weight excluding hydrogens is 262 g/mol. The first-order chi connectivity index (χ1) is 9.34. The Kier molecular flexibility index (Phi) is 3.73. The van der Waals surface area contributed by atoms with E-state index in [4.69, 9.17) is 16.3 Å². The first-order valence-electron chi connectivity index (χ1n) is 6.25. The minimum absolute atomic E-state index is 0.0869. The number of rotatable bonds is 2. The number of ether oxygens (including phenoxy) is 1. The molecule has 1 aliphatic rings. The normalized spacial score (nSPS) is 19.3. The molecule has 1 unspecified atom stereocenters. The summed E-state index contributed by atoms with van der Waals surface area (Å²) in [6.45, 7) is 2.30. The molecule has 1 aromatic carbocycles. The smallest absolute Gasteiger partial charge is 0.159 e. The van der Waals surface area contributed by atoms with E-state index >= 15 is 0 Å². The van der Waals surface area contributed by atoms with Gasteiger partial charge in [-0.1, -0.05) is 29.8 Å². The van der Waals surface area contributed by atoms with Crippen LogP contribution in [0.4, 0.5) is 0 Å². The third-order valence-corrected chi connectivity index (χ3v) is 3.37. The lowest BCUT2D eigenvalue weighted by Gasteiger charge is -2.22. The van der Waals surface area contributed by atoms with E-state index in [0.29, 0.717) is 17.5 Å². The van der Waals surface area contributed by atoms with Crippen LogP contribution in [0.3, 0.4) is 0 Å². The molecule has 1 saturated heterocycles. The molecule has 1 N–H and O–H groups in total. The lowest BCUT2D eigenvalue weighted by atomic mass is 10.1. The molecular formula is C14H14ClN3O. The van der Waals surface area contributed by atoms with Crippen LogP contribution in [0.5, 0.6) is 0 Å². The highest BCUT2D eigenvalue weighted by Crippen LogP contribution is 2.26. The molecule has 1 atom stereocenters. The lowest BCUT2D eigenvalue weighted by molar-refractivity contribution is 0.0222. The van der Waals surface area contributed by atoms with Gasteiger partial charge in [-0.05, 0) is 12.1 Å². The maximum Gasteiger partial charge on any atom is 0.159 e. The fourth-order valence-corrected chi connectivity index (χ4v) is 2.31. The molecule has 5 heteroatoms. The summed E-state index contributed by atoms with van der Waals surface area (Å²) in [4.78, 5) is 8.87. The van der Waals surface area contributed by atoms with Crippen molar-refractivity contribution < 1.29 is 4.74 Å². The molecule has 0 amide bonds. The zero-order chi connectivity index (χ0) is 13.1. The van der Waals surface area contributed by atoms with E-state index in [0.717, 1.165) is 24.3 Å². The molecule has 2 aromatic rings. The highest BCUT2D eigenvalue weighted by atomic mass is 35.5. The van der Waals surface area contributed by atoms with Crippen LogP contribution in [0.15, 0.2) is 36.5 Å². The van der Waals surface area contributed by atoms with E-state index < -0.39 is 0 Å². The van der Waals surface area contributed by atoms with Gasteiger partial charge in [-0.2, -0.15) is 0 Å². The average Bonchev–Trinajstić information content (AvgIpc) is 2.49. The Hall–Kier alpha value is -1.49. The van der Waals surface area contributed by atoms with Crippen LogP contribution in [0.25, 0.3) is 11.3 Å². The molecule has 1 aliphatic heterocycles. The average molecular weight is 276 g/mol. The van der Waals surface area contributed by atoms with Crippen molar-refractivity contribution in [2.24, 2.45) is 0 Å². The first-order valence-corrected chi connectivity index (χ1v) is 6.62. The summed E-state index contributed by atoms with van der Waals surface area (Å²) >= 11 is 6.19. The van der Waals surface area contributed by atoms with Crippen LogP contribution in [-0.4, -0.2) is 29.7 Å². The van der Waals surface area contributed by atoms with Crippen LogP contribution >= 0.6 is 11.6 Å². The minimum atomic E-state index is -0.0869. The van der Waals surface area contributed by atoms with E-state index in [1.54, 1.807) is 6.20 Å². The van der Waals surface area contributed by atoms with Crippen molar-refractivity contribution in [1.82, 2.24) is 15.3 Å². The van der Waals surface area contributed by atoms with Crippen molar-refractivity contribution in [1.29, 1.82) is 0 Å². The third kappa shape index (κ3) is 2.76. The van der Waals surface area contributed by atoms with E-state index in [2.05, 4.69) is 15.3 Å². The quantitative estimate of drug-likeness (QED) is 0.915. The van der Waals surface area contributed by atoms with Crippen molar-refractivity contribution in [3.8, 4) is 11.3 Å². The summed E-state index contributed by atoms with van der Waals surface area (Å²) in [6.07, 6.45) is 1.66. The molecule has 0 saturated carbocycles. The van der Waals surface area contributed by atoms with E-state index in [1.807, 2.05) is 30.3 Å². The van der Waals surface area contributed by atoms with Crippen LogP contribution < -0.4 is 5.32 Å². The van der Waals surface area contributed by atoms with Gasteiger partial charge in [0.15, 0.2) is 5.82 Å². The zero-order valence-electron chi connectivity index (χ0n) is 10.3. The van der Waals surface area contributed by atoms with Crippen LogP contribution in [0, 0.1) is 0 Å². The topological polar surface area (TPSA) is 47.0 Å². The van der Waals surface area contributed by atoms with Gasteiger partial charge in [0.1, 0.15) is 6.10 Å². The van der Waals surface area contributed by atoms with Crippen LogP contribution in [0.1, 0.15) is 11.9 Å². The highest BCUT2D eigenvalue weighted by Gasteiger charge is 2.19. The van der Waals surface area contributed by atoms with E-state index in [1.165, 1.54) is 0 Å². The zero-order valence-corrected chi connectivity index (χ0v) is 11.1. The second-order valence-electron chi connectivity index (χ2n) is 4.34. The Labute approximate surface area is 116 Å². The Balaban J connectivity index is 1.93. The standard InChI is InChI=1S/C14H14ClN3O/c15-11-4-2-1-3-10(11)12-5-6-17-14(18-12)13-9-16-7-8-19-13/h1-6,13,16H,7-9H2.